The first-order valence-electron chi connectivity index (χ1n) is 8.37. The molecule has 0 aromatic carbocycles. The van der Waals surface area contributed by atoms with Gasteiger partial charge >= 0.3 is 0 Å². The van der Waals surface area contributed by atoms with Gasteiger partial charge in [-0.2, -0.15) is 0 Å². The van der Waals surface area contributed by atoms with Crippen molar-refractivity contribution in [2.45, 2.75) is 25.8 Å². The van der Waals surface area contributed by atoms with Gasteiger partial charge in [-0.1, -0.05) is 61.3 Å². The van der Waals surface area contributed by atoms with E-state index in [1.165, 1.54) is 16.1 Å². The quantitative estimate of drug-likeness (QED) is 0.437. The van der Waals surface area contributed by atoms with E-state index in [-0.39, 0.29) is 0 Å². The Balaban J connectivity index is 2.60. The lowest BCUT2D eigenvalue weighted by atomic mass is 10.00. The number of allylic oxidation sites excluding steroid dienone is 8. The van der Waals surface area contributed by atoms with Crippen LogP contribution >= 0.6 is 11.8 Å². The molecule has 0 radical (unpaired) electrons. The molecule has 0 heterocycles. The molecule has 0 aromatic heterocycles. The topological polar surface area (TPSA) is 24.1 Å². The van der Waals surface area contributed by atoms with Gasteiger partial charge in [0.05, 0.1) is 0 Å². The zero-order valence-electron chi connectivity index (χ0n) is 14.9. The van der Waals surface area contributed by atoms with Gasteiger partial charge < -0.3 is 10.6 Å². The van der Waals surface area contributed by atoms with Crippen LogP contribution in [0.3, 0.4) is 0 Å². The van der Waals surface area contributed by atoms with E-state index in [2.05, 4.69) is 61.1 Å². The molecule has 130 valence electrons. The van der Waals surface area contributed by atoms with Crippen molar-refractivity contribution in [2.24, 2.45) is 0 Å². The molecule has 1 unspecified atom stereocenters. The van der Waals surface area contributed by atoms with Gasteiger partial charge in [-0.15, -0.1) is 11.8 Å². The normalized spacial score (nSPS) is 22.5. The van der Waals surface area contributed by atoms with Crippen molar-refractivity contribution >= 4 is 11.8 Å². The van der Waals surface area contributed by atoms with Crippen LogP contribution < -0.4 is 10.6 Å². The summed E-state index contributed by atoms with van der Waals surface area (Å²) in [6.07, 6.45) is 20.6. The van der Waals surface area contributed by atoms with Crippen molar-refractivity contribution in [3.05, 3.63) is 84.0 Å². The summed E-state index contributed by atoms with van der Waals surface area (Å²) < 4.78 is 0. The van der Waals surface area contributed by atoms with Crippen LogP contribution in [0.5, 0.6) is 0 Å². The van der Waals surface area contributed by atoms with Gasteiger partial charge in [0.15, 0.2) is 0 Å². The highest BCUT2D eigenvalue weighted by Gasteiger charge is 2.07. The van der Waals surface area contributed by atoms with Crippen LogP contribution in [0.2, 0.25) is 0 Å². The predicted octanol–water partition coefficient (Wildman–Crippen LogP) is 4.89. The second-order valence-electron chi connectivity index (χ2n) is 5.58. The summed E-state index contributed by atoms with van der Waals surface area (Å²) in [4.78, 5) is 1.28. The van der Waals surface area contributed by atoms with Gasteiger partial charge in [-0.3, -0.25) is 0 Å². The number of rotatable bonds is 10. The van der Waals surface area contributed by atoms with E-state index < -0.39 is 0 Å². The molecule has 0 saturated heterocycles. The first-order chi connectivity index (χ1) is 11.7. The molecule has 0 aromatic rings. The fourth-order valence-electron chi connectivity index (χ4n) is 2.22. The smallest absolute Gasteiger partial charge is 0.0454 e. The summed E-state index contributed by atoms with van der Waals surface area (Å²) in [7, 11) is 2.01. The van der Waals surface area contributed by atoms with Gasteiger partial charge in [0.1, 0.15) is 0 Å². The maximum absolute atomic E-state index is 3.81. The van der Waals surface area contributed by atoms with Crippen LogP contribution in [0.25, 0.3) is 0 Å². The molecule has 1 rings (SSSR count). The van der Waals surface area contributed by atoms with Gasteiger partial charge in [0, 0.05) is 23.2 Å². The Hall–Kier alpha value is -1.71. The molecule has 0 fully saturated rings. The summed E-state index contributed by atoms with van der Waals surface area (Å²) in [5, 5.41) is 6.59. The minimum atomic E-state index is 0.412. The maximum atomic E-state index is 3.81. The van der Waals surface area contributed by atoms with Crippen molar-refractivity contribution in [1.29, 1.82) is 0 Å². The molecule has 3 heteroatoms. The number of likely N-dealkylation sites (N-methyl/N-ethyl adjacent to an activating group) is 1. The van der Waals surface area contributed by atoms with Gasteiger partial charge in [-0.05, 0) is 44.7 Å². The SMILES string of the molecule is C=C/C=C\NC/C(=C/C=C)SC/C1=C/C/C(C(C)NC)=C\C=C/C1. The largest absolute Gasteiger partial charge is 0.386 e. The molecular weight excluding hydrogens is 312 g/mol. The van der Waals surface area contributed by atoms with Crippen LogP contribution in [0, 0.1) is 0 Å². The highest BCUT2D eigenvalue weighted by Crippen LogP contribution is 2.23. The highest BCUT2D eigenvalue weighted by atomic mass is 32.2. The molecular formula is C21H30N2S. The fraction of sp³-hybridized carbons (Fsp3) is 0.333. The second-order valence-corrected chi connectivity index (χ2v) is 6.69. The summed E-state index contributed by atoms with van der Waals surface area (Å²) >= 11 is 1.87. The van der Waals surface area contributed by atoms with E-state index in [9.17, 15) is 0 Å². The fourth-order valence-corrected chi connectivity index (χ4v) is 3.20. The summed E-state index contributed by atoms with van der Waals surface area (Å²) in [6.45, 7) is 10.5. The molecule has 0 saturated carbocycles. The van der Waals surface area contributed by atoms with Crippen molar-refractivity contribution in [3.63, 3.8) is 0 Å². The summed E-state index contributed by atoms with van der Waals surface area (Å²) in [5.74, 6) is 1.01. The molecule has 2 nitrogen and oxygen atoms in total. The third-order valence-electron chi connectivity index (χ3n) is 3.82. The lowest BCUT2D eigenvalue weighted by Gasteiger charge is -2.16. The van der Waals surface area contributed by atoms with Crippen molar-refractivity contribution in [2.75, 3.05) is 19.3 Å². The standard InChI is InChI=1S/C21H30N2S/c1-5-7-15-23-16-21(10-6-2)24-17-19-11-8-9-12-20(14-13-19)18(3)22-4/h5-10,12-13,15,18,22-23H,1-2,11,14,16-17H2,3-4H3/b9-8-,15-7-,19-13+,20-12+,21-10-. The average molecular weight is 343 g/mol. The van der Waals surface area contributed by atoms with E-state index in [1.807, 2.05) is 37.2 Å². The Morgan fingerprint density at radius 3 is 2.88 bits per heavy atom. The van der Waals surface area contributed by atoms with Crippen LogP contribution in [0.1, 0.15) is 19.8 Å². The Labute approximate surface area is 151 Å². The number of hydrogen-bond donors (Lipinski definition) is 2. The van der Waals surface area contributed by atoms with Gasteiger partial charge in [0.2, 0.25) is 0 Å². The summed E-state index contributed by atoms with van der Waals surface area (Å²) in [5.41, 5.74) is 2.90. The van der Waals surface area contributed by atoms with E-state index in [1.54, 1.807) is 6.08 Å². The third kappa shape index (κ3) is 8.23. The Bertz CT molecular complexity index is 550. The molecule has 2 N–H and O–H groups in total. The zero-order valence-corrected chi connectivity index (χ0v) is 15.7. The molecule has 1 aliphatic rings. The Morgan fingerprint density at radius 1 is 1.33 bits per heavy atom. The minimum absolute atomic E-state index is 0.412. The van der Waals surface area contributed by atoms with E-state index in [4.69, 9.17) is 0 Å². The Morgan fingerprint density at radius 2 is 2.17 bits per heavy atom. The van der Waals surface area contributed by atoms with Crippen LogP contribution in [0.15, 0.2) is 84.0 Å². The van der Waals surface area contributed by atoms with Crippen LogP contribution in [-0.4, -0.2) is 25.4 Å². The molecule has 0 spiro atoms. The highest BCUT2D eigenvalue weighted by molar-refractivity contribution is 8.03. The monoisotopic (exact) mass is 342 g/mol. The molecule has 24 heavy (non-hydrogen) atoms. The number of thioether (sulfide) groups is 1. The maximum Gasteiger partial charge on any atom is 0.0454 e. The zero-order chi connectivity index (χ0) is 17.6. The van der Waals surface area contributed by atoms with Crippen LogP contribution in [0.4, 0.5) is 0 Å². The van der Waals surface area contributed by atoms with Crippen LogP contribution in [-0.2, 0) is 0 Å². The van der Waals surface area contributed by atoms with Crippen molar-refractivity contribution in [1.82, 2.24) is 10.6 Å². The molecule has 1 atom stereocenters. The van der Waals surface area contributed by atoms with Crippen molar-refractivity contribution in [3.8, 4) is 0 Å². The number of nitrogens with one attached hydrogen (secondary N) is 2. The van der Waals surface area contributed by atoms with E-state index in [0.717, 1.165) is 25.1 Å². The van der Waals surface area contributed by atoms with Gasteiger partial charge in [-0.25, -0.2) is 0 Å². The summed E-state index contributed by atoms with van der Waals surface area (Å²) in [6, 6.07) is 0.412. The molecule has 0 aliphatic heterocycles. The predicted molar refractivity (Wildman–Crippen MR) is 111 cm³/mol. The second kappa shape index (κ2) is 12.7. The van der Waals surface area contributed by atoms with Crippen molar-refractivity contribution < 1.29 is 0 Å². The first-order valence-corrected chi connectivity index (χ1v) is 9.36. The minimum Gasteiger partial charge on any atom is -0.386 e. The third-order valence-corrected chi connectivity index (χ3v) is 4.98. The Kier molecular flexibility index (Phi) is 10.7. The lowest BCUT2D eigenvalue weighted by molar-refractivity contribution is 0.679. The molecule has 0 amide bonds. The molecule has 0 bridgehead atoms. The molecule has 1 aliphatic carbocycles. The number of hydrogen-bond acceptors (Lipinski definition) is 3. The average Bonchev–Trinajstić information content (AvgIpc) is 2.57. The van der Waals surface area contributed by atoms with E-state index >= 15 is 0 Å². The lowest BCUT2D eigenvalue weighted by Crippen LogP contribution is -2.23. The van der Waals surface area contributed by atoms with Gasteiger partial charge in [0.25, 0.3) is 0 Å². The first kappa shape index (κ1) is 20.3. The van der Waals surface area contributed by atoms with E-state index in [0.29, 0.717) is 6.04 Å².